The molecule has 3 aromatic rings. The Balaban J connectivity index is 1.95. The maximum Gasteiger partial charge on any atom is 0.261 e. The zero-order chi connectivity index (χ0) is 19.6. The number of H-pyrrole nitrogens is 1. The van der Waals surface area contributed by atoms with Gasteiger partial charge in [-0.1, -0.05) is 26.0 Å². The number of imidazole rings is 1. The van der Waals surface area contributed by atoms with Crippen molar-refractivity contribution in [3.8, 4) is 0 Å². The zero-order valence-corrected chi connectivity index (χ0v) is 15.4. The number of hydrogen-bond donors (Lipinski definition) is 2. The molecule has 2 N–H and O–H groups in total. The third kappa shape index (κ3) is 3.97. The van der Waals surface area contributed by atoms with E-state index in [4.69, 9.17) is 0 Å². The first kappa shape index (κ1) is 18.6. The van der Waals surface area contributed by atoms with Crippen molar-refractivity contribution in [3.05, 3.63) is 87.6 Å². The minimum atomic E-state index is -0.623. The van der Waals surface area contributed by atoms with Gasteiger partial charge in [0.25, 0.3) is 11.5 Å². The van der Waals surface area contributed by atoms with Gasteiger partial charge in [-0.3, -0.25) is 9.59 Å². The summed E-state index contributed by atoms with van der Waals surface area (Å²) in [7, 11) is 1.80. The SMILES string of the molecule is CC(C)c1ccc(C(=O)N[C@H](c2ccc(F)cc2)c2nccn2C)c(=O)[nH]1. The van der Waals surface area contributed by atoms with Crippen molar-refractivity contribution >= 4 is 5.91 Å². The van der Waals surface area contributed by atoms with Gasteiger partial charge in [-0.25, -0.2) is 9.37 Å². The molecule has 1 atom stereocenters. The highest BCUT2D eigenvalue weighted by Crippen LogP contribution is 2.21. The number of carbonyl (C=O) groups excluding carboxylic acids is 1. The van der Waals surface area contributed by atoms with Gasteiger partial charge in [-0.05, 0) is 35.7 Å². The topological polar surface area (TPSA) is 79.8 Å². The van der Waals surface area contributed by atoms with Gasteiger partial charge in [-0.15, -0.1) is 0 Å². The molecule has 0 radical (unpaired) electrons. The van der Waals surface area contributed by atoms with E-state index in [1.165, 1.54) is 18.2 Å². The lowest BCUT2D eigenvalue weighted by atomic mass is 10.0. The standard InChI is InChI=1S/C20H21FN4O2/c1-12(2)16-9-8-15(19(26)23-16)20(27)24-17(18-22-10-11-25(18)3)13-4-6-14(21)7-5-13/h4-12,17H,1-3H3,(H,23,26)(H,24,27)/t17-/m1/s1. The summed E-state index contributed by atoms with van der Waals surface area (Å²) in [6.07, 6.45) is 3.37. The van der Waals surface area contributed by atoms with Crippen LogP contribution < -0.4 is 10.9 Å². The maximum absolute atomic E-state index is 13.3. The fourth-order valence-electron chi connectivity index (χ4n) is 2.82. The van der Waals surface area contributed by atoms with Gasteiger partial charge in [0, 0.05) is 25.1 Å². The van der Waals surface area contributed by atoms with E-state index in [2.05, 4.69) is 15.3 Å². The summed E-state index contributed by atoms with van der Waals surface area (Å²) in [5.74, 6) is -0.173. The zero-order valence-electron chi connectivity index (χ0n) is 15.4. The summed E-state index contributed by atoms with van der Waals surface area (Å²) in [4.78, 5) is 32.1. The molecule has 140 valence electrons. The van der Waals surface area contributed by atoms with E-state index in [1.807, 2.05) is 13.8 Å². The summed E-state index contributed by atoms with van der Waals surface area (Å²) < 4.78 is 15.1. The smallest absolute Gasteiger partial charge is 0.261 e. The highest BCUT2D eigenvalue weighted by molar-refractivity contribution is 5.94. The first-order valence-electron chi connectivity index (χ1n) is 8.63. The van der Waals surface area contributed by atoms with Gasteiger partial charge in [-0.2, -0.15) is 0 Å². The third-order valence-corrected chi connectivity index (χ3v) is 4.39. The number of halogens is 1. The average Bonchev–Trinajstić information content (AvgIpc) is 3.06. The van der Waals surface area contributed by atoms with Gasteiger partial charge in [0.1, 0.15) is 23.2 Å². The molecule has 7 heteroatoms. The van der Waals surface area contributed by atoms with Gasteiger partial charge in [0.15, 0.2) is 0 Å². The number of aryl methyl sites for hydroxylation is 1. The van der Waals surface area contributed by atoms with Crippen molar-refractivity contribution in [3.63, 3.8) is 0 Å². The quantitative estimate of drug-likeness (QED) is 0.727. The molecule has 0 aliphatic heterocycles. The van der Waals surface area contributed by atoms with Crippen LogP contribution in [0.1, 0.15) is 53.2 Å². The minimum Gasteiger partial charge on any atom is -0.338 e. The Labute approximate surface area is 156 Å². The van der Waals surface area contributed by atoms with Crippen molar-refractivity contribution in [1.82, 2.24) is 19.9 Å². The monoisotopic (exact) mass is 368 g/mol. The normalized spacial score (nSPS) is 12.2. The van der Waals surface area contributed by atoms with Gasteiger partial charge < -0.3 is 14.9 Å². The Morgan fingerprint density at radius 1 is 1.19 bits per heavy atom. The van der Waals surface area contributed by atoms with Crippen LogP contribution in [0.15, 0.2) is 53.6 Å². The predicted molar refractivity (Wildman–Crippen MR) is 100 cm³/mol. The van der Waals surface area contributed by atoms with E-state index in [1.54, 1.807) is 42.2 Å². The molecule has 0 bridgehead atoms. The fraction of sp³-hybridized carbons (Fsp3) is 0.250. The van der Waals surface area contributed by atoms with Crippen molar-refractivity contribution in [2.75, 3.05) is 0 Å². The molecule has 0 aliphatic carbocycles. The first-order chi connectivity index (χ1) is 12.9. The van der Waals surface area contributed by atoms with Gasteiger partial charge in [0.05, 0.1) is 0 Å². The third-order valence-electron chi connectivity index (χ3n) is 4.39. The molecule has 0 spiro atoms. The number of amides is 1. The lowest BCUT2D eigenvalue weighted by molar-refractivity contribution is 0.0939. The molecule has 0 fully saturated rings. The second kappa shape index (κ2) is 7.57. The molecule has 27 heavy (non-hydrogen) atoms. The molecule has 6 nitrogen and oxygen atoms in total. The molecule has 3 rings (SSSR count). The van der Waals surface area contributed by atoms with E-state index < -0.39 is 17.5 Å². The van der Waals surface area contributed by atoms with Crippen LogP contribution in [0.25, 0.3) is 0 Å². The van der Waals surface area contributed by atoms with Gasteiger partial charge >= 0.3 is 0 Å². The van der Waals surface area contributed by atoms with Crippen LogP contribution >= 0.6 is 0 Å². The van der Waals surface area contributed by atoms with E-state index in [0.29, 0.717) is 11.4 Å². The van der Waals surface area contributed by atoms with Crippen LogP contribution in [0.5, 0.6) is 0 Å². The number of hydrogen-bond acceptors (Lipinski definition) is 3. The van der Waals surface area contributed by atoms with Crippen LogP contribution in [-0.2, 0) is 7.05 Å². The predicted octanol–water partition coefficient (Wildman–Crippen LogP) is 2.89. The number of pyridine rings is 1. The van der Waals surface area contributed by atoms with Crippen LogP contribution in [0.2, 0.25) is 0 Å². The summed E-state index contributed by atoms with van der Waals surface area (Å²) in [6, 6.07) is 8.44. The molecule has 1 aromatic carbocycles. The number of aromatic nitrogens is 3. The lowest BCUT2D eigenvalue weighted by Gasteiger charge is -2.19. The fourth-order valence-corrected chi connectivity index (χ4v) is 2.82. The highest BCUT2D eigenvalue weighted by atomic mass is 19.1. The number of benzene rings is 1. The Morgan fingerprint density at radius 3 is 2.44 bits per heavy atom. The minimum absolute atomic E-state index is 0.0146. The molecule has 2 heterocycles. The van der Waals surface area contributed by atoms with Crippen LogP contribution in [-0.4, -0.2) is 20.4 Å². The number of carbonyl (C=O) groups is 1. The van der Waals surface area contributed by atoms with Crippen molar-refractivity contribution in [2.24, 2.45) is 7.05 Å². The second-order valence-corrected chi connectivity index (χ2v) is 6.67. The molecule has 0 saturated heterocycles. The molecule has 0 unspecified atom stereocenters. The van der Waals surface area contributed by atoms with E-state index in [9.17, 15) is 14.0 Å². The molecule has 1 amide bonds. The molecular weight excluding hydrogens is 347 g/mol. The second-order valence-electron chi connectivity index (χ2n) is 6.67. The first-order valence-corrected chi connectivity index (χ1v) is 8.63. The van der Waals surface area contributed by atoms with Crippen molar-refractivity contribution in [2.45, 2.75) is 25.8 Å². The molecule has 0 aliphatic rings. The summed E-state index contributed by atoms with van der Waals surface area (Å²) in [5, 5.41) is 2.84. The Kier molecular flexibility index (Phi) is 5.21. The Morgan fingerprint density at radius 2 is 1.89 bits per heavy atom. The van der Waals surface area contributed by atoms with Crippen molar-refractivity contribution in [1.29, 1.82) is 0 Å². The summed E-state index contributed by atoms with van der Waals surface area (Å²) in [5.41, 5.74) is 0.988. The summed E-state index contributed by atoms with van der Waals surface area (Å²) in [6.45, 7) is 3.91. The van der Waals surface area contributed by atoms with Crippen LogP contribution in [0.3, 0.4) is 0 Å². The number of rotatable bonds is 5. The maximum atomic E-state index is 13.3. The average molecular weight is 368 g/mol. The van der Waals surface area contributed by atoms with E-state index >= 15 is 0 Å². The Bertz CT molecular complexity index is 1010. The molecule has 0 saturated carbocycles. The van der Waals surface area contributed by atoms with Crippen molar-refractivity contribution < 1.29 is 9.18 Å². The number of nitrogens with zero attached hydrogens (tertiary/aromatic N) is 2. The van der Waals surface area contributed by atoms with Crippen LogP contribution in [0.4, 0.5) is 4.39 Å². The molecule has 2 aromatic heterocycles. The van der Waals surface area contributed by atoms with E-state index in [0.717, 1.165) is 5.69 Å². The molecular formula is C20H21FN4O2. The highest BCUT2D eigenvalue weighted by Gasteiger charge is 2.23. The largest absolute Gasteiger partial charge is 0.338 e. The van der Waals surface area contributed by atoms with E-state index in [-0.39, 0.29) is 17.3 Å². The van der Waals surface area contributed by atoms with Gasteiger partial charge in [0.2, 0.25) is 0 Å². The Hall–Kier alpha value is -3.22. The summed E-state index contributed by atoms with van der Waals surface area (Å²) >= 11 is 0. The number of aromatic amines is 1. The van der Waals surface area contributed by atoms with Crippen LogP contribution in [0, 0.1) is 5.82 Å². The number of nitrogens with one attached hydrogen (secondary N) is 2. The lowest BCUT2D eigenvalue weighted by Crippen LogP contribution is -2.34.